The molecule has 2 atom stereocenters. The first-order valence-corrected chi connectivity index (χ1v) is 6.30. The highest BCUT2D eigenvalue weighted by Gasteiger charge is 2.53. The lowest BCUT2D eigenvalue weighted by atomic mass is 10.2. The van der Waals surface area contributed by atoms with Crippen molar-refractivity contribution in [3.63, 3.8) is 0 Å². The van der Waals surface area contributed by atoms with E-state index in [4.69, 9.17) is 0 Å². The first-order chi connectivity index (χ1) is 7.34. The molecule has 1 aliphatic heterocycles. The molecule has 2 fully saturated rings. The Morgan fingerprint density at radius 3 is 3.00 bits per heavy atom. The van der Waals surface area contributed by atoms with Crippen molar-refractivity contribution in [3.05, 3.63) is 22.4 Å². The Balaban J connectivity index is 1.50. The molecule has 0 spiro atoms. The van der Waals surface area contributed by atoms with Crippen LogP contribution >= 0.6 is 11.3 Å². The summed E-state index contributed by atoms with van der Waals surface area (Å²) >= 11 is 1.64. The van der Waals surface area contributed by atoms with Crippen molar-refractivity contribution in [1.82, 2.24) is 10.6 Å². The minimum Gasteiger partial charge on any atom is -0.352 e. The van der Waals surface area contributed by atoms with Crippen LogP contribution in [0.3, 0.4) is 0 Å². The van der Waals surface area contributed by atoms with Gasteiger partial charge in [0.05, 0.1) is 6.42 Å². The molecule has 1 aromatic heterocycles. The van der Waals surface area contributed by atoms with Gasteiger partial charge < -0.3 is 10.6 Å². The molecule has 1 amide bonds. The highest BCUT2D eigenvalue weighted by atomic mass is 32.1. The SMILES string of the molecule is O=C(Cc1ccsc1)NC1C2CNCC21. The second-order valence-corrected chi connectivity index (χ2v) is 5.17. The van der Waals surface area contributed by atoms with Crippen molar-refractivity contribution in [1.29, 1.82) is 0 Å². The average molecular weight is 222 g/mol. The molecule has 1 aromatic rings. The van der Waals surface area contributed by atoms with E-state index in [0.29, 0.717) is 24.3 Å². The van der Waals surface area contributed by atoms with E-state index in [1.165, 1.54) is 0 Å². The topological polar surface area (TPSA) is 41.1 Å². The lowest BCUT2D eigenvalue weighted by Gasteiger charge is -2.06. The highest BCUT2D eigenvalue weighted by molar-refractivity contribution is 7.07. The van der Waals surface area contributed by atoms with Crippen LogP contribution in [0.4, 0.5) is 0 Å². The number of hydrogen-bond acceptors (Lipinski definition) is 3. The maximum absolute atomic E-state index is 11.7. The standard InChI is InChI=1S/C11H14N2OS/c14-10(3-7-1-2-15-6-7)13-11-8-4-12-5-9(8)11/h1-2,6,8-9,11-12H,3-5H2,(H,13,14). The van der Waals surface area contributed by atoms with Crippen molar-refractivity contribution in [2.75, 3.05) is 13.1 Å². The molecule has 1 aliphatic carbocycles. The Hall–Kier alpha value is -0.870. The summed E-state index contributed by atoms with van der Waals surface area (Å²) in [5.41, 5.74) is 1.13. The molecule has 80 valence electrons. The van der Waals surface area contributed by atoms with E-state index in [2.05, 4.69) is 10.6 Å². The maximum atomic E-state index is 11.7. The number of carbonyl (C=O) groups excluding carboxylic acids is 1. The largest absolute Gasteiger partial charge is 0.352 e. The maximum Gasteiger partial charge on any atom is 0.224 e. The zero-order valence-corrected chi connectivity index (χ0v) is 9.22. The monoisotopic (exact) mass is 222 g/mol. The zero-order chi connectivity index (χ0) is 10.3. The first kappa shape index (κ1) is 9.36. The highest BCUT2D eigenvalue weighted by Crippen LogP contribution is 2.41. The predicted octanol–water partition coefficient (Wildman–Crippen LogP) is 0.625. The summed E-state index contributed by atoms with van der Waals surface area (Å²) < 4.78 is 0. The zero-order valence-electron chi connectivity index (χ0n) is 8.40. The first-order valence-electron chi connectivity index (χ1n) is 5.36. The third kappa shape index (κ3) is 1.79. The molecular weight excluding hydrogens is 208 g/mol. The Morgan fingerprint density at radius 1 is 1.53 bits per heavy atom. The molecule has 1 saturated carbocycles. The normalized spacial score (nSPS) is 32.4. The van der Waals surface area contributed by atoms with E-state index in [1.807, 2.05) is 16.8 Å². The van der Waals surface area contributed by atoms with Gasteiger partial charge in [0.2, 0.25) is 5.91 Å². The van der Waals surface area contributed by atoms with Gasteiger partial charge in [0.1, 0.15) is 0 Å². The second-order valence-electron chi connectivity index (χ2n) is 4.39. The smallest absolute Gasteiger partial charge is 0.224 e. The number of amides is 1. The molecule has 2 heterocycles. The number of hydrogen-bond donors (Lipinski definition) is 2. The minimum atomic E-state index is 0.174. The van der Waals surface area contributed by atoms with Gasteiger partial charge in [-0.25, -0.2) is 0 Å². The molecule has 2 aliphatic rings. The summed E-state index contributed by atoms with van der Waals surface area (Å²) in [5.74, 6) is 1.58. The van der Waals surface area contributed by atoms with Crippen LogP contribution in [0.25, 0.3) is 0 Å². The number of piperidine rings is 1. The van der Waals surface area contributed by atoms with Crippen LogP contribution < -0.4 is 10.6 Å². The van der Waals surface area contributed by atoms with Crippen molar-refractivity contribution in [2.24, 2.45) is 11.8 Å². The van der Waals surface area contributed by atoms with Crippen LogP contribution in [0.15, 0.2) is 16.8 Å². The summed E-state index contributed by atoms with van der Waals surface area (Å²) in [6.45, 7) is 2.15. The second kappa shape index (κ2) is 3.61. The van der Waals surface area contributed by atoms with Crippen molar-refractivity contribution >= 4 is 17.2 Å². The van der Waals surface area contributed by atoms with Crippen LogP contribution in [-0.4, -0.2) is 25.0 Å². The minimum absolute atomic E-state index is 0.174. The number of carbonyl (C=O) groups is 1. The molecule has 15 heavy (non-hydrogen) atoms. The Labute approximate surface area is 92.9 Å². The van der Waals surface area contributed by atoms with Crippen LogP contribution in [-0.2, 0) is 11.2 Å². The van der Waals surface area contributed by atoms with Crippen LogP contribution in [0.5, 0.6) is 0 Å². The van der Waals surface area contributed by atoms with Crippen LogP contribution in [0, 0.1) is 11.8 Å². The van der Waals surface area contributed by atoms with Crippen molar-refractivity contribution in [2.45, 2.75) is 12.5 Å². The summed E-state index contributed by atoms with van der Waals surface area (Å²) in [4.78, 5) is 11.7. The van der Waals surface area contributed by atoms with Gasteiger partial charge in [-0.2, -0.15) is 11.3 Å². The third-order valence-electron chi connectivity index (χ3n) is 3.36. The molecule has 2 unspecified atom stereocenters. The van der Waals surface area contributed by atoms with Gasteiger partial charge in [0.25, 0.3) is 0 Å². The van der Waals surface area contributed by atoms with E-state index in [1.54, 1.807) is 11.3 Å². The van der Waals surface area contributed by atoms with Crippen molar-refractivity contribution < 1.29 is 4.79 Å². The number of nitrogens with one attached hydrogen (secondary N) is 2. The van der Waals surface area contributed by atoms with Gasteiger partial charge in [-0.05, 0) is 34.2 Å². The quantitative estimate of drug-likeness (QED) is 0.787. The van der Waals surface area contributed by atoms with Gasteiger partial charge in [0.15, 0.2) is 0 Å². The number of fused-ring (bicyclic) bond motifs is 1. The van der Waals surface area contributed by atoms with E-state index in [9.17, 15) is 4.79 Å². The van der Waals surface area contributed by atoms with Crippen molar-refractivity contribution in [3.8, 4) is 0 Å². The summed E-state index contributed by atoms with van der Waals surface area (Å²) in [5, 5.41) is 10.5. The van der Waals surface area contributed by atoms with E-state index < -0.39 is 0 Å². The Morgan fingerprint density at radius 2 is 2.33 bits per heavy atom. The summed E-state index contributed by atoms with van der Waals surface area (Å²) in [7, 11) is 0. The summed E-state index contributed by atoms with van der Waals surface area (Å²) in [6.07, 6.45) is 0.535. The molecule has 3 nitrogen and oxygen atoms in total. The molecule has 2 N–H and O–H groups in total. The molecular formula is C11H14N2OS. The summed E-state index contributed by atoms with van der Waals surface area (Å²) in [6, 6.07) is 2.47. The van der Waals surface area contributed by atoms with E-state index >= 15 is 0 Å². The molecule has 4 heteroatoms. The molecule has 0 radical (unpaired) electrons. The Kier molecular flexibility index (Phi) is 2.25. The molecule has 1 saturated heterocycles. The fourth-order valence-electron chi connectivity index (χ4n) is 2.45. The van der Waals surface area contributed by atoms with Gasteiger partial charge in [-0.3, -0.25) is 4.79 Å². The molecule has 0 bridgehead atoms. The fraction of sp³-hybridized carbons (Fsp3) is 0.545. The lowest BCUT2D eigenvalue weighted by molar-refractivity contribution is -0.120. The van der Waals surface area contributed by atoms with Crippen LogP contribution in [0.1, 0.15) is 5.56 Å². The number of thiophene rings is 1. The van der Waals surface area contributed by atoms with Gasteiger partial charge in [-0.15, -0.1) is 0 Å². The lowest BCUT2D eigenvalue weighted by Crippen LogP contribution is -2.33. The van der Waals surface area contributed by atoms with Gasteiger partial charge in [0, 0.05) is 19.1 Å². The fourth-order valence-corrected chi connectivity index (χ4v) is 3.12. The average Bonchev–Trinajstić information content (AvgIpc) is 2.65. The molecule has 3 rings (SSSR count). The molecule has 0 aromatic carbocycles. The van der Waals surface area contributed by atoms with E-state index in [0.717, 1.165) is 18.7 Å². The van der Waals surface area contributed by atoms with Gasteiger partial charge >= 0.3 is 0 Å². The third-order valence-corrected chi connectivity index (χ3v) is 4.10. The van der Waals surface area contributed by atoms with E-state index in [-0.39, 0.29) is 5.91 Å². The predicted molar refractivity (Wildman–Crippen MR) is 59.8 cm³/mol. The van der Waals surface area contributed by atoms with Gasteiger partial charge in [-0.1, -0.05) is 0 Å². The van der Waals surface area contributed by atoms with Crippen LogP contribution in [0.2, 0.25) is 0 Å². The Bertz CT molecular complexity index is 353. The number of rotatable bonds is 3.